The second kappa shape index (κ2) is 6.39. The summed E-state index contributed by atoms with van der Waals surface area (Å²) >= 11 is 3.34. The highest BCUT2D eigenvalue weighted by molar-refractivity contribution is 9.10. The van der Waals surface area contributed by atoms with Gasteiger partial charge in [0, 0.05) is 22.7 Å². The zero-order valence-electron chi connectivity index (χ0n) is 11.2. The molecule has 1 aliphatic heterocycles. The van der Waals surface area contributed by atoms with E-state index >= 15 is 0 Å². The molecule has 0 bridgehead atoms. The van der Waals surface area contributed by atoms with Crippen molar-refractivity contribution in [1.29, 1.82) is 0 Å². The van der Waals surface area contributed by atoms with Gasteiger partial charge < -0.3 is 16.0 Å². The standard InChI is InChI=1S/C14H20BrN3O/c1-18-7-3-2-4-11(18)9-17-14(19)12-6-5-10(15)8-13(12)16/h5-6,8,11H,2-4,7,9,16H2,1H3,(H,17,19). The van der Waals surface area contributed by atoms with Crippen molar-refractivity contribution in [3.8, 4) is 0 Å². The molecule has 1 heterocycles. The fourth-order valence-electron chi connectivity index (χ4n) is 2.45. The van der Waals surface area contributed by atoms with Crippen LogP contribution in [0.1, 0.15) is 29.6 Å². The Balaban J connectivity index is 1.93. The molecule has 4 nitrogen and oxygen atoms in total. The molecule has 1 aromatic rings. The molecule has 0 aliphatic carbocycles. The molecule has 3 N–H and O–H groups in total. The van der Waals surface area contributed by atoms with Gasteiger partial charge in [-0.1, -0.05) is 22.4 Å². The number of likely N-dealkylation sites (N-methyl/N-ethyl adjacent to an activating group) is 1. The summed E-state index contributed by atoms with van der Waals surface area (Å²) in [7, 11) is 2.12. The molecule has 1 aliphatic rings. The Kier molecular flexibility index (Phi) is 4.82. The number of likely N-dealkylation sites (tertiary alicyclic amines) is 1. The summed E-state index contributed by atoms with van der Waals surface area (Å²) in [5.74, 6) is -0.0935. The van der Waals surface area contributed by atoms with E-state index in [1.165, 1.54) is 12.8 Å². The lowest BCUT2D eigenvalue weighted by atomic mass is 10.0. The summed E-state index contributed by atoms with van der Waals surface area (Å²) < 4.78 is 0.883. The second-order valence-corrected chi connectivity index (χ2v) is 5.99. The van der Waals surface area contributed by atoms with Gasteiger partial charge in [0.05, 0.1) is 5.56 Å². The quantitative estimate of drug-likeness (QED) is 0.838. The minimum absolute atomic E-state index is 0.0935. The molecule has 1 atom stereocenters. The number of hydrogen-bond acceptors (Lipinski definition) is 3. The molecule has 0 radical (unpaired) electrons. The van der Waals surface area contributed by atoms with Gasteiger partial charge in [0.2, 0.25) is 0 Å². The van der Waals surface area contributed by atoms with Crippen LogP contribution in [0.3, 0.4) is 0 Å². The van der Waals surface area contributed by atoms with Crippen LogP contribution < -0.4 is 11.1 Å². The van der Waals surface area contributed by atoms with Crippen molar-refractivity contribution in [2.45, 2.75) is 25.3 Å². The van der Waals surface area contributed by atoms with E-state index in [2.05, 4.69) is 33.2 Å². The number of anilines is 1. The number of carbonyl (C=O) groups excluding carboxylic acids is 1. The zero-order chi connectivity index (χ0) is 13.8. The number of benzene rings is 1. The predicted octanol–water partition coefficient (Wildman–Crippen LogP) is 2.25. The monoisotopic (exact) mass is 325 g/mol. The van der Waals surface area contributed by atoms with Gasteiger partial charge in [0.15, 0.2) is 0 Å². The Bertz CT molecular complexity index is 464. The van der Waals surface area contributed by atoms with Gasteiger partial charge in [-0.2, -0.15) is 0 Å². The van der Waals surface area contributed by atoms with Crippen molar-refractivity contribution in [2.24, 2.45) is 0 Å². The van der Waals surface area contributed by atoms with Gasteiger partial charge in [0.25, 0.3) is 5.91 Å². The number of nitrogens with zero attached hydrogens (tertiary/aromatic N) is 1. The molecule has 1 unspecified atom stereocenters. The van der Waals surface area contributed by atoms with Gasteiger partial charge in [-0.3, -0.25) is 4.79 Å². The van der Waals surface area contributed by atoms with Crippen LogP contribution in [-0.2, 0) is 0 Å². The number of amides is 1. The van der Waals surface area contributed by atoms with E-state index in [1.807, 2.05) is 6.07 Å². The summed E-state index contributed by atoms with van der Waals surface area (Å²) in [6.45, 7) is 1.80. The average Bonchev–Trinajstić information content (AvgIpc) is 2.37. The van der Waals surface area contributed by atoms with Crippen LogP contribution >= 0.6 is 15.9 Å². The molecule has 19 heavy (non-hydrogen) atoms. The van der Waals surface area contributed by atoms with Crippen LogP contribution in [0.2, 0.25) is 0 Å². The Hall–Kier alpha value is -1.07. The summed E-state index contributed by atoms with van der Waals surface area (Å²) in [6, 6.07) is 5.77. The highest BCUT2D eigenvalue weighted by Crippen LogP contribution is 2.19. The number of nitrogens with one attached hydrogen (secondary N) is 1. The van der Waals surface area contributed by atoms with Crippen LogP contribution in [0.25, 0.3) is 0 Å². The van der Waals surface area contributed by atoms with Gasteiger partial charge in [0.1, 0.15) is 0 Å². The maximum Gasteiger partial charge on any atom is 0.253 e. The van der Waals surface area contributed by atoms with Crippen molar-refractivity contribution < 1.29 is 4.79 Å². The molecule has 0 saturated carbocycles. The molecule has 0 aromatic heterocycles. The lowest BCUT2D eigenvalue weighted by Crippen LogP contribution is -2.44. The molecule has 1 fully saturated rings. The van der Waals surface area contributed by atoms with Crippen LogP contribution in [0, 0.1) is 0 Å². The summed E-state index contributed by atoms with van der Waals surface area (Å²) in [4.78, 5) is 14.4. The molecule has 1 aromatic carbocycles. The number of piperidine rings is 1. The predicted molar refractivity (Wildman–Crippen MR) is 81.2 cm³/mol. The maximum atomic E-state index is 12.1. The lowest BCUT2D eigenvalue weighted by molar-refractivity contribution is 0.0929. The van der Waals surface area contributed by atoms with Crippen LogP contribution in [-0.4, -0.2) is 37.0 Å². The topological polar surface area (TPSA) is 58.4 Å². The van der Waals surface area contributed by atoms with Crippen molar-refractivity contribution >= 4 is 27.5 Å². The minimum Gasteiger partial charge on any atom is -0.398 e. The number of halogens is 1. The van der Waals surface area contributed by atoms with Crippen LogP contribution in [0.15, 0.2) is 22.7 Å². The SMILES string of the molecule is CN1CCCCC1CNC(=O)c1ccc(Br)cc1N. The van der Waals surface area contributed by atoms with E-state index < -0.39 is 0 Å². The van der Waals surface area contributed by atoms with E-state index in [1.54, 1.807) is 12.1 Å². The number of rotatable bonds is 3. The van der Waals surface area contributed by atoms with Crippen LogP contribution in [0.5, 0.6) is 0 Å². The maximum absolute atomic E-state index is 12.1. The molecule has 1 amide bonds. The van der Waals surface area contributed by atoms with E-state index in [9.17, 15) is 4.79 Å². The first-order valence-electron chi connectivity index (χ1n) is 6.61. The van der Waals surface area contributed by atoms with Gasteiger partial charge >= 0.3 is 0 Å². The lowest BCUT2D eigenvalue weighted by Gasteiger charge is -2.32. The second-order valence-electron chi connectivity index (χ2n) is 5.07. The molecule has 104 valence electrons. The van der Waals surface area contributed by atoms with E-state index in [-0.39, 0.29) is 5.91 Å². The van der Waals surface area contributed by atoms with Crippen molar-refractivity contribution in [2.75, 3.05) is 25.9 Å². The smallest absolute Gasteiger partial charge is 0.253 e. The number of nitrogens with two attached hydrogens (primary N) is 1. The molecular formula is C14H20BrN3O. The normalized spacial score (nSPS) is 20.2. The Morgan fingerprint density at radius 2 is 2.32 bits per heavy atom. The summed E-state index contributed by atoms with van der Waals surface area (Å²) in [5.41, 5.74) is 6.90. The number of nitrogen functional groups attached to an aromatic ring is 1. The average molecular weight is 326 g/mol. The fraction of sp³-hybridized carbons (Fsp3) is 0.500. The highest BCUT2D eigenvalue weighted by Gasteiger charge is 2.20. The summed E-state index contributed by atoms with van der Waals surface area (Å²) in [5, 5.41) is 2.98. The number of hydrogen-bond donors (Lipinski definition) is 2. The van der Waals surface area contributed by atoms with Gasteiger partial charge in [-0.05, 0) is 44.6 Å². The highest BCUT2D eigenvalue weighted by atomic mass is 79.9. The minimum atomic E-state index is -0.0935. The molecule has 2 rings (SSSR count). The summed E-state index contributed by atoms with van der Waals surface area (Å²) in [6.07, 6.45) is 3.64. The van der Waals surface area contributed by atoms with Gasteiger partial charge in [-0.15, -0.1) is 0 Å². The van der Waals surface area contributed by atoms with E-state index in [0.29, 0.717) is 23.8 Å². The van der Waals surface area contributed by atoms with E-state index in [4.69, 9.17) is 5.73 Å². The fourth-order valence-corrected chi connectivity index (χ4v) is 2.83. The number of carbonyl (C=O) groups is 1. The van der Waals surface area contributed by atoms with Crippen molar-refractivity contribution in [3.05, 3.63) is 28.2 Å². The van der Waals surface area contributed by atoms with Crippen molar-refractivity contribution in [3.63, 3.8) is 0 Å². The molecule has 1 saturated heterocycles. The Labute approximate surface area is 122 Å². The van der Waals surface area contributed by atoms with Gasteiger partial charge in [-0.25, -0.2) is 0 Å². The third-order valence-corrected chi connectivity index (χ3v) is 4.17. The third-order valence-electron chi connectivity index (χ3n) is 3.68. The van der Waals surface area contributed by atoms with E-state index in [0.717, 1.165) is 17.4 Å². The largest absolute Gasteiger partial charge is 0.398 e. The Morgan fingerprint density at radius 3 is 3.00 bits per heavy atom. The first-order chi connectivity index (χ1) is 9.08. The molecule has 0 spiro atoms. The van der Waals surface area contributed by atoms with Crippen molar-refractivity contribution in [1.82, 2.24) is 10.2 Å². The first kappa shape index (κ1) is 14.3. The molecular weight excluding hydrogens is 306 g/mol. The zero-order valence-corrected chi connectivity index (χ0v) is 12.7. The molecule has 5 heteroatoms. The first-order valence-corrected chi connectivity index (χ1v) is 7.40. The van der Waals surface area contributed by atoms with Crippen LogP contribution in [0.4, 0.5) is 5.69 Å². The Morgan fingerprint density at radius 1 is 1.53 bits per heavy atom. The third kappa shape index (κ3) is 3.70.